The molecule has 0 aliphatic carbocycles. The van der Waals surface area contributed by atoms with Gasteiger partial charge in [-0.05, 0) is 64.2 Å². The second-order valence-electron chi connectivity index (χ2n) is 16.7. The van der Waals surface area contributed by atoms with Gasteiger partial charge in [0.15, 0.2) is 0 Å². The van der Waals surface area contributed by atoms with Crippen molar-refractivity contribution in [1.82, 2.24) is 5.32 Å². The van der Waals surface area contributed by atoms with Gasteiger partial charge in [0, 0.05) is 6.42 Å². The van der Waals surface area contributed by atoms with Crippen molar-refractivity contribution >= 4 is 5.91 Å². The summed E-state index contributed by atoms with van der Waals surface area (Å²) in [4.78, 5) is 12.4. The van der Waals surface area contributed by atoms with Gasteiger partial charge in [-0.2, -0.15) is 0 Å². The number of aliphatic hydroxyl groups is 3. The second-order valence-corrected chi connectivity index (χ2v) is 16.7. The van der Waals surface area contributed by atoms with Crippen LogP contribution in [-0.2, 0) is 4.79 Å². The lowest BCUT2D eigenvalue weighted by Gasteiger charge is -2.26. The van der Waals surface area contributed by atoms with Crippen molar-refractivity contribution in [1.29, 1.82) is 0 Å². The van der Waals surface area contributed by atoms with Crippen LogP contribution in [0.2, 0.25) is 0 Å². The first-order valence-corrected chi connectivity index (χ1v) is 24.1. The van der Waals surface area contributed by atoms with Gasteiger partial charge in [0.05, 0.1) is 18.8 Å². The van der Waals surface area contributed by atoms with E-state index in [9.17, 15) is 20.1 Å². The number of unbranched alkanes of at least 4 members (excludes halogenated alkanes) is 32. The molecular formula is C49H95NO4. The van der Waals surface area contributed by atoms with Crippen LogP contribution in [0.3, 0.4) is 0 Å². The minimum absolute atomic E-state index is 0.154. The normalized spacial score (nSPS) is 13.6. The molecule has 0 aliphatic heterocycles. The molecule has 0 aromatic rings. The van der Waals surface area contributed by atoms with Gasteiger partial charge in [-0.15, -0.1) is 0 Å². The molecule has 0 bridgehead atoms. The molecule has 54 heavy (non-hydrogen) atoms. The summed E-state index contributed by atoms with van der Waals surface area (Å²) in [7, 11) is 0. The molecule has 0 saturated carbocycles. The van der Waals surface area contributed by atoms with Crippen molar-refractivity contribution in [3.05, 3.63) is 24.3 Å². The summed E-state index contributed by atoms with van der Waals surface area (Å²) in [6.45, 7) is 4.12. The quantitative estimate of drug-likeness (QED) is 0.0368. The van der Waals surface area contributed by atoms with Gasteiger partial charge in [-0.25, -0.2) is 0 Å². The van der Waals surface area contributed by atoms with Gasteiger partial charge in [0.2, 0.25) is 5.91 Å². The van der Waals surface area contributed by atoms with E-state index in [4.69, 9.17) is 0 Å². The summed E-state index contributed by atoms with van der Waals surface area (Å²) in [6, 6.07) is -0.821. The van der Waals surface area contributed by atoms with Crippen LogP contribution in [0.1, 0.15) is 258 Å². The number of amides is 1. The van der Waals surface area contributed by atoms with E-state index >= 15 is 0 Å². The number of allylic oxidation sites excluding steroid dienone is 4. The molecule has 1 amide bonds. The van der Waals surface area contributed by atoms with Crippen LogP contribution >= 0.6 is 0 Å². The Bertz CT molecular complexity index is 799. The molecule has 3 unspecified atom stereocenters. The van der Waals surface area contributed by atoms with E-state index in [1.54, 1.807) is 0 Å². The minimum Gasteiger partial charge on any atom is -0.394 e. The standard InChI is InChI=1S/C49H95NO4/c1-3-5-7-9-11-13-14-15-16-17-18-19-20-21-22-23-24-25-26-27-28-29-30-31-32-33-34-35-36-38-40-42-44-48(53)50-46(45-51)49(54)47(52)43-41-39-37-12-10-8-6-4-2/h12,21-22,37,46-47,49,51-52,54H,3-11,13-20,23-36,38-45H2,1-2H3,(H,50,53)/b22-21-,37-12+. The Kier molecular flexibility index (Phi) is 43.6. The largest absolute Gasteiger partial charge is 0.394 e. The highest BCUT2D eigenvalue weighted by molar-refractivity contribution is 5.76. The highest BCUT2D eigenvalue weighted by Crippen LogP contribution is 2.16. The molecule has 5 heteroatoms. The summed E-state index contributed by atoms with van der Waals surface area (Å²) in [5.41, 5.74) is 0. The fourth-order valence-electron chi connectivity index (χ4n) is 7.51. The lowest BCUT2D eigenvalue weighted by atomic mass is 10.0. The maximum absolute atomic E-state index is 12.4. The van der Waals surface area contributed by atoms with Crippen LogP contribution in [-0.4, -0.2) is 46.1 Å². The Morgan fingerprint density at radius 2 is 0.741 bits per heavy atom. The molecule has 0 heterocycles. The molecule has 0 saturated heterocycles. The molecule has 320 valence electrons. The van der Waals surface area contributed by atoms with Gasteiger partial charge < -0.3 is 20.6 Å². The molecule has 0 aromatic heterocycles. The van der Waals surface area contributed by atoms with Gasteiger partial charge in [-0.3, -0.25) is 4.79 Å². The van der Waals surface area contributed by atoms with Crippen molar-refractivity contribution in [2.75, 3.05) is 6.61 Å². The monoisotopic (exact) mass is 762 g/mol. The fraction of sp³-hybridized carbons (Fsp3) is 0.898. The highest BCUT2D eigenvalue weighted by Gasteiger charge is 2.26. The van der Waals surface area contributed by atoms with Gasteiger partial charge >= 0.3 is 0 Å². The maximum atomic E-state index is 12.4. The van der Waals surface area contributed by atoms with E-state index < -0.39 is 18.2 Å². The molecule has 5 nitrogen and oxygen atoms in total. The predicted molar refractivity (Wildman–Crippen MR) is 236 cm³/mol. The van der Waals surface area contributed by atoms with Crippen molar-refractivity contribution in [3.63, 3.8) is 0 Å². The Morgan fingerprint density at radius 1 is 0.444 bits per heavy atom. The summed E-state index contributed by atoms with van der Waals surface area (Å²) in [5, 5.41) is 33.3. The SMILES string of the molecule is CCCCC/C=C/CCCC(O)C(O)C(CO)NC(=O)CCCCCCCCCCCCCCCCCC/C=C\CCCCCCCCCCCCCC. The lowest BCUT2D eigenvalue weighted by molar-refractivity contribution is -0.124. The molecule has 0 rings (SSSR count). The molecule has 0 spiro atoms. The van der Waals surface area contributed by atoms with Crippen LogP contribution in [0.15, 0.2) is 24.3 Å². The van der Waals surface area contributed by atoms with Crippen LogP contribution in [0.25, 0.3) is 0 Å². The van der Waals surface area contributed by atoms with Crippen LogP contribution in [0.4, 0.5) is 0 Å². The molecule has 0 radical (unpaired) electrons. The number of carbonyl (C=O) groups excluding carboxylic acids is 1. The molecular weight excluding hydrogens is 667 g/mol. The highest BCUT2D eigenvalue weighted by atomic mass is 16.3. The van der Waals surface area contributed by atoms with Crippen LogP contribution < -0.4 is 5.32 Å². The van der Waals surface area contributed by atoms with Gasteiger partial charge in [0.1, 0.15) is 6.10 Å². The molecule has 4 N–H and O–H groups in total. The number of carbonyl (C=O) groups is 1. The maximum Gasteiger partial charge on any atom is 0.220 e. The van der Waals surface area contributed by atoms with Crippen molar-refractivity contribution in [3.8, 4) is 0 Å². The van der Waals surface area contributed by atoms with Crippen molar-refractivity contribution in [2.24, 2.45) is 0 Å². The third-order valence-corrected chi connectivity index (χ3v) is 11.3. The number of nitrogens with one attached hydrogen (secondary N) is 1. The number of hydrogen-bond acceptors (Lipinski definition) is 4. The average molecular weight is 762 g/mol. The number of aliphatic hydroxyl groups excluding tert-OH is 3. The van der Waals surface area contributed by atoms with E-state index in [0.29, 0.717) is 12.8 Å². The Hall–Kier alpha value is -1.17. The minimum atomic E-state index is -1.15. The topological polar surface area (TPSA) is 89.8 Å². The van der Waals surface area contributed by atoms with E-state index in [1.165, 1.54) is 193 Å². The van der Waals surface area contributed by atoms with Crippen molar-refractivity contribution in [2.45, 2.75) is 276 Å². The summed E-state index contributed by atoms with van der Waals surface area (Å²) < 4.78 is 0. The molecule has 0 aliphatic rings. The zero-order valence-electron chi connectivity index (χ0n) is 36.4. The first-order valence-electron chi connectivity index (χ1n) is 24.1. The Balaban J connectivity index is 3.44. The predicted octanol–water partition coefficient (Wildman–Crippen LogP) is 14.2. The zero-order valence-corrected chi connectivity index (χ0v) is 36.4. The Morgan fingerprint density at radius 3 is 1.11 bits per heavy atom. The third-order valence-electron chi connectivity index (χ3n) is 11.3. The molecule has 0 aromatic carbocycles. The second kappa shape index (κ2) is 44.5. The first-order chi connectivity index (χ1) is 26.6. The summed E-state index contributed by atoms with van der Waals surface area (Å²) >= 11 is 0. The number of rotatable bonds is 44. The van der Waals surface area contributed by atoms with E-state index in [-0.39, 0.29) is 12.5 Å². The van der Waals surface area contributed by atoms with E-state index in [1.807, 2.05) is 0 Å². The zero-order chi connectivity index (χ0) is 39.4. The van der Waals surface area contributed by atoms with Crippen LogP contribution in [0, 0.1) is 0 Å². The Labute approximate surface area is 337 Å². The first kappa shape index (κ1) is 52.8. The van der Waals surface area contributed by atoms with Gasteiger partial charge in [-0.1, -0.05) is 212 Å². The third kappa shape index (κ3) is 39.1. The van der Waals surface area contributed by atoms with Crippen LogP contribution in [0.5, 0.6) is 0 Å². The summed E-state index contributed by atoms with van der Waals surface area (Å²) in [5.74, 6) is -0.154. The van der Waals surface area contributed by atoms with E-state index in [2.05, 4.69) is 43.5 Å². The molecule has 0 fully saturated rings. The van der Waals surface area contributed by atoms with E-state index in [0.717, 1.165) is 38.5 Å². The van der Waals surface area contributed by atoms with Gasteiger partial charge in [0.25, 0.3) is 0 Å². The lowest BCUT2D eigenvalue weighted by Crippen LogP contribution is -2.50. The average Bonchev–Trinajstić information content (AvgIpc) is 3.18. The summed E-state index contributed by atoms with van der Waals surface area (Å²) in [6.07, 6.45) is 54.9. The van der Waals surface area contributed by atoms with Crippen molar-refractivity contribution < 1.29 is 20.1 Å². The number of hydrogen-bond donors (Lipinski definition) is 4. The smallest absolute Gasteiger partial charge is 0.220 e. The fourth-order valence-corrected chi connectivity index (χ4v) is 7.51. The molecule has 3 atom stereocenters.